The van der Waals surface area contributed by atoms with Crippen molar-refractivity contribution in [1.29, 1.82) is 0 Å². The van der Waals surface area contributed by atoms with Crippen LogP contribution in [0, 0.1) is 20.8 Å². The molecular weight excluding hydrogens is 380 g/mol. The van der Waals surface area contributed by atoms with Gasteiger partial charge >= 0.3 is 0 Å². The summed E-state index contributed by atoms with van der Waals surface area (Å²) in [5, 5.41) is 9.43. The maximum atomic E-state index is 11.8. The lowest BCUT2D eigenvalue weighted by atomic mass is 10.0. The summed E-state index contributed by atoms with van der Waals surface area (Å²) in [6.07, 6.45) is 0.586. The lowest BCUT2D eigenvalue weighted by Gasteiger charge is -2.26. The van der Waals surface area contributed by atoms with Crippen molar-refractivity contribution in [1.82, 2.24) is 9.88 Å². The van der Waals surface area contributed by atoms with Gasteiger partial charge in [-0.25, -0.2) is 13.4 Å². The van der Waals surface area contributed by atoms with Gasteiger partial charge in [0, 0.05) is 24.7 Å². The van der Waals surface area contributed by atoms with Crippen LogP contribution in [0.2, 0.25) is 0 Å². The molecule has 1 saturated heterocycles. The van der Waals surface area contributed by atoms with Crippen molar-refractivity contribution in [2.75, 3.05) is 31.8 Å². The van der Waals surface area contributed by atoms with Crippen molar-refractivity contribution < 1.29 is 22.7 Å². The monoisotopic (exact) mass is 408 g/mol. The zero-order valence-electron chi connectivity index (χ0n) is 16.9. The molecule has 3 rings (SSSR count). The Labute approximate surface area is 166 Å². The summed E-state index contributed by atoms with van der Waals surface area (Å²) < 4.78 is 35.0. The van der Waals surface area contributed by atoms with E-state index in [1.165, 1.54) is 0 Å². The first-order valence-electron chi connectivity index (χ1n) is 9.41. The van der Waals surface area contributed by atoms with Crippen molar-refractivity contribution >= 4 is 9.84 Å². The maximum Gasteiger partial charge on any atom is 0.226 e. The van der Waals surface area contributed by atoms with Gasteiger partial charge in [0.1, 0.15) is 11.5 Å². The minimum Gasteiger partial charge on any atom is -0.496 e. The number of rotatable bonds is 7. The van der Waals surface area contributed by atoms with Gasteiger partial charge in [0.05, 0.1) is 30.9 Å². The Balaban J connectivity index is 1.86. The van der Waals surface area contributed by atoms with Crippen LogP contribution >= 0.6 is 0 Å². The summed E-state index contributed by atoms with van der Waals surface area (Å²) in [6.45, 7) is 6.64. The number of aliphatic hydroxyl groups excluding tert-OH is 1. The summed E-state index contributed by atoms with van der Waals surface area (Å²) in [4.78, 5) is 6.68. The molecule has 2 aromatic rings. The summed E-state index contributed by atoms with van der Waals surface area (Å²) in [7, 11) is -1.35. The molecule has 1 aliphatic rings. The molecule has 0 spiro atoms. The third-order valence-corrected chi connectivity index (χ3v) is 7.08. The van der Waals surface area contributed by atoms with Gasteiger partial charge in [-0.05, 0) is 50.5 Å². The molecule has 0 aliphatic carbocycles. The third-order valence-electron chi connectivity index (χ3n) is 5.33. The van der Waals surface area contributed by atoms with Crippen LogP contribution in [0.25, 0.3) is 11.5 Å². The molecule has 1 aliphatic heterocycles. The first-order chi connectivity index (χ1) is 13.2. The summed E-state index contributed by atoms with van der Waals surface area (Å²) in [5.74, 6) is 2.40. The number of ether oxygens (including phenoxy) is 1. The van der Waals surface area contributed by atoms with E-state index in [-0.39, 0.29) is 24.2 Å². The summed E-state index contributed by atoms with van der Waals surface area (Å²) in [6, 6.07) is 3.87. The number of oxazole rings is 1. The highest BCUT2D eigenvalue weighted by Gasteiger charge is 2.32. The van der Waals surface area contributed by atoms with Crippen LogP contribution in [0.4, 0.5) is 0 Å². The number of aromatic nitrogens is 1. The number of aryl methyl sites for hydroxylation is 3. The second-order valence-electron chi connectivity index (χ2n) is 7.41. The predicted octanol–water partition coefficient (Wildman–Crippen LogP) is 2.26. The molecular formula is C20H28N2O5S. The third kappa shape index (κ3) is 4.39. The average molecular weight is 409 g/mol. The number of benzene rings is 1. The van der Waals surface area contributed by atoms with E-state index in [0.717, 1.165) is 28.1 Å². The Morgan fingerprint density at radius 1 is 1.29 bits per heavy atom. The van der Waals surface area contributed by atoms with E-state index < -0.39 is 9.84 Å². The molecule has 0 radical (unpaired) electrons. The number of methoxy groups -OCH3 is 1. The molecule has 2 heterocycles. The van der Waals surface area contributed by atoms with E-state index in [9.17, 15) is 13.5 Å². The molecule has 1 aromatic heterocycles. The van der Waals surface area contributed by atoms with Crippen molar-refractivity contribution in [2.45, 2.75) is 39.8 Å². The van der Waals surface area contributed by atoms with Gasteiger partial charge in [-0.1, -0.05) is 0 Å². The fraction of sp³-hybridized carbons (Fsp3) is 0.550. The van der Waals surface area contributed by atoms with E-state index in [2.05, 4.69) is 4.98 Å². The quantitative estimate of drug-likeness (QED) is 0.751. The molecule has 28 heavy (non-hydrogen) atoms. The normalized spacial score (nSPS) is 18.7. The second-order valence-corrected chi connectivity index (χ2v) is 9.64. The zero-order chi connectivity index (χ0) is 20.5. The maximum absolute atomic E-state index is 11.8. The molecule has 7 nitrogen and oxygen atoms in total. The van der Waals surface area contributed by atoms with Crippen LogP contribution in [0.3, 0.4) is 0 Å². The lowest BCUT2D eigenvalue weighted by molar-refractivity contribution is 0.152. The van der Waals surface area contributed by atoms with Gasteiger partial charge in [0.2, 0.25) is 5.89 Å². The molecule has 8 heteroatoms. The summed E-state index contributed by atoms with van der Waals surface area (Å²) in [5.41, 5.74) is 3.67. The first kappa shape index (κ1) is 20.8. The highest BCUT2D eigenvalue weighted by atomic mass is 32.2. The molecule has 0 bridgehead atoms. The first-order valence-corrected chi connectivity index (χ1v) is 11.2. The van der Waals surface area contributed by atoms with E-state index in [0.29, 0.717) is 31.2 Å². The average Bonchev–Trinajstić information content (AvgIpc) is 3.18. The Kier molecular flexibility index (Phi) is 6.12. The Morgan fingerprint density at radius 2 is 2.04 bits per heavy atom. The number of hydrogen-bond acceptors (Lipinski definition) is 7. The highest BCUT2D eigenvalue weighted by molar-refractivity contribution is 7.91. The molecule has 1 N–H and O–H groups in total. The molecule has 0 unspecified atom stereocenters. The van der Waals surface area contributed by atoms with E-state index in [1.54, 1.807) is 7.11 Å². The second kappa shape index (κ2) is 8.23. The van der Waals surface area contributed by atoms with Gasteiger partial charge in [-0.3, -0.25) is 4.90 Å². The van der Waals surface area contributed by atoms with Crippen molar-refractivity contribution in [3.8, 4) is 17.2 Å². The summed E-state index contributed by atoms with van der Waals surface area (Å²) >= 11 is 0. The number of hydrogen-bond donors (Lipinski definition) is 1. The van der Waals surface area contributed by atoms with Crippen molar-refractivity contribution in [3.63, 3.8) is 0 Å². The number of aliphatic hydroxyl groups is 1. The largest absolute Gasteiger partial charge is 0.496 e. The number of sulfone groups is 1. The van der Waals surface area contributed by atoms with Crippen LogP contribution in [0.1, 0.15) is 29.0 Å². The van der Waals surface area contributed by atoms with Crippen molar-refractivity contribution in [2.24, 2.45) is 0 Å². The molecule has 0 amide bonds. The van der Waals surface area contributed by atoms with E-state index >= 15 is 0 Å². The van der Waals surface area contributed by atoms with Gasteiger partial charge in [-0.15, -0.1) is 0 Å². The zero-order valence-corrected chi connectivity index (χ0v) is 17.7. The van der Waals surface area contributed by atoms with Crippen LogP contribution in [0.5, 0.6) is 5.75 Å². The van der Waals surface area contributed by atoms with Gasteiger partial charge < -0.3 is 14.3 Å². The predicted molar refractivity (Wildman–Crippen MR) is 107 cm³/mol. The minimum atomic E-state index is -3.00. The molecule has 0 saturated carbocycles. The Hall–Kier alpha value is -1.90. The smallest absolute Gasteiger partial charge is 0.226 e. The van der Waals surface area contributed by atoms with Gasteiger partial charge in [-0.2, -0.15) is 0 Å². The van der Waals surface area contributed by atoms with Gasteiger partial charge in [0.25, 0.3) is 0 Å². The topological polar surface area (TPSA) is 92.9 Å². The SMILES string of the molecule is COc1cc(C)c(-c2nc(CN(CCO)[C@@H]3CCS(=O)(=O)C3)c(C)o2)cc1C. The fourth-order valence-corrected chi connectivity index (χ4v) is 5.47. The van der Waals surface area contributed by atoms with Crippen LogP contribution in [-0.4, -0.2) is 61.2 Å². The Morgan fingerprint density at radius 3 is 2.64 bits per heavy atom. The van der Waals surface area contributed by atoms with Crippen LogP contribution in [-0.2, 0) is 16.4 Å². The van der Waals surface area contributed by atoms with Crippen molar-refractivity contribution in [3.05, 3.63) is 34.7 Å². The van der Waals surface area contributed by atoms with E-state index in [1.807, 2.05) is 37.8 Å². The minimum absolute atomic E-state index is 0.0307. The molecule has 1 fully saturated rings. The standard InChI is InChI=1S/C20H28N2O5S/c1-13-10-19(26-4)14(2)9-17(13)20-21-18(15(3)27-20)11-22(6-7-23)16-5-8-28(24,25)12-16/h9-10,16,23H,5-8,11-12H2,1-4H3/t16-/m1/s1. The lowest BCUT2D eigenvalue weighted by Crippen LogP contribution is -2.38. The highest BCUT2D eigenvalue weighted by Crippen LogP contribution is 2.31. The molecule has 1 atom stereocenters. The van der Waals surface area contributed by atoms with Crippen LogP contribution in [0.15, 0.2) is 16.5 Å². The number of nitrogens with zero attached hydrogens (tertiary/aromatic N) is 2. The Bertz CT molecular complexity index is 952. The van der Waals surface area contributed by atoms with Crippen LogP contribution < -0.4 is 4.74 Å². The van der Waals surface area contributed by atoms with E-state index in [4.69, 9.17) is 9.15 Å². The molecule has 154 valence electrons. The molecule has 1 aromatic carbocycles. The fourth-order valence-electron chi connectivity index (χ4n) is 3.70. The van der Waals surface area contributed by atoms with Gasteiger partial charge in [0.15, 0.2) is 9.84 Å².